The Morgan fingerprint density at radius 1 is 1.33 bits per heavy atom. The summed E-state index contributed by atoms with van der Waals surface area (Å²) in [6.45, 7) is 0. The van der Waals surface area contributed by atoms with Gasteiger partial charge in [-0.1, -0.05) is 5.92 Å². The van der Waals surface area contributed by atoms with Gasteiger partial charge in [0.05, 0.1) is 6.20 Å². The van der Waals surface area contributed by atoms with Crippen molar-refractivity contribution in [3.8, 4) is 11.8 Å². The lowest BCUT2D eigenvalue weighted by molar-refractivity contribution is -0.0772. The quantitative estimate of drug-likeness (QED) is 0.625. The van der Waals surface area contributed by atoms with E-state index in [1.54, 1.807) is 24.5 Å². The average molecular weight is 241 g/mol. The van der Waals surface area contributed by atoms with Gasteiger partial charge in [0.25, 0.3) is 0 Å². The van der Waals surface area contributed by atoms with Crippen molar-refractivity contribution in [1.82, 2.24) is 15.2 Å². The fraction of sp³-hybridized carbons (Fsp3) is 0.154. The third-order valence-corrected chi connectivity index (χ3v) is 2.18. The molecule has 5 nitrogen and oxygen atoms in total. The molecule has 0 saturated heterocycles. The summed E-state index contributed by atoms with van der Waals surface area (Å²) in [6.07, 6.45) is 3.76. The van der Waals surface area contributed by atoms with Gasteiger partial charge in [-0.3, -0.25) is 4.98 Å². The summed E-state index contributed by atoms with van der Waals surface area (Å²) >= 11 is 0. The van der Waals surface area contributed by atoms with Gasteiger partial charge >= 0.3 is 0 Å². The molecule has 0 spiro atoms. The largest absolute Gasteiger partial charge is 0.364 e. The summed E-state index contributed by atoms with van der Waals surface area (Å²) in [5.74, 6) is 5.76. The molecule has 90 valence electrons. The zero-order chi connectivity index (χ0) is 12.8. The van der Waals surface area contributed by atoms with Crippen LogP contribution in [-0.2, 0) is 4.74 Å². The Morgan fingerprint density at radius 2 is 2.22 bits per heavy atom. The van der Waals surface area contributed by atoms with Crippen LogP contribution in [0.5, 0.6) is 0 Å². The maximum Gasteiger partial charge on any atom is 0.182 e. The van der Waals surface area contributed by atoms with Crippen LogP contribution in [0.25, 0.3) is 0 Å². The predicted octanol–water partition coefficient (Wildman–Crippen LogP) is 0.909. The molecule has 2 heterocycles. The van der Waals surface area contributed by atoms with E-state index in [1.165, 1.54) is 13.3 Å². The molecule has 0 amide bonds. The van der Waals surface area contributed by atoms with Crippen LogP contribution < -0.4 is 0 Å². The molecule has 2 aromatic rings. The van der Waals surface area contributed by atoms with Gasteiger partial charge in [0.2, 0.25) is 0 Å². The molecule has 0 saturated carbocycles. The Bertz CT molecular complexity index is 576. The van der Waals surface area contributed by atoms with Crippen molar-refractivity contribution in [2.75, 3.05) is 7.11 Å². The molecule has 0 aromatic carbocycles. The third-order valence-electron chi connectivity index (χ3n) is 2.18. The molecule has 5 heteroatoms. The number of ether oxygens (including phenoxy) is 1. The van der Waals surface area contributed by atoms with Gasteiger partial charge in [-0.15, -0.1) is 5.10 Å². The number of nitrogens with zero attached hydrogens (tertiary/aromatic N) is 3. The van der Waals surface area contributed by atoms with Crippen LogP contribution >= 0.6 is 0 Å². The van der Waals surface area contributed by atoms with E-state index in [4.69, 9.17) is 4.74 Å². The van der Waals surface area contributed by atoms with Crippen molar-refractivity contribution in [2.45, 2.75) is 6.29 Å². The van der Waals surface area contributed by atoms with Crippen molar-refractivity contribution in [2.24, 2.45) is 0 Å². The van der Waals surface area contributed by atoms with Crippen molar-refractivity contribution >= 4 is 0 Å². The van der Waals surface area contributed by atoms with Gasteiger partial charge in [-0.25, -0.2) is 0 Å². The molecule has 0 aliphatic rings. The van der Waals surface area contributed by atoms with Crippen molar-refractivity contribution in [1.29, 1.82) is 0 Å². The molecule has 1 atom stereocenters. The standard InChI is InChI=1S/C13H11N3O2/c1-18-13(17)11-7-12(16-15-9-11)5-4-10-3-2-6-14-8-10/h2-3,6-9,13,17H,1H3. The summed E-state index contributed by atoms with van der Waals surface area (Å²) in [5, 5.41) is 17.1. The lowest BCUT2D eigenvalue weighted by Gasteiger charge is -2.06. The number of aromatic nitrogens is 3. The minimum atomic E-state index is -1.01. The number of hydrogen-bond acceptors (Lipinski definition) is 5. The van der Waals surface area contributed by atoms with E-state index in [0.29, 0.717) is 11.3 Å². The van der Waals surface area contributed by atoms with E-state index in [9.17, 15) is 5.11 Å². The van der Waals surface area contributed by atoms with Crippen LogP contribution in [0.4, 0.5) is 0 Å². The predicted molar refractivity (Wildman–Crippen MR) is 64.2 cm³/mol. The molecular formula is C13H11N3O2. The van der Waals surface area contributed by atoms with Crippen LogP contribution in [0.2, 0.25) is 0 Å². The highest BCUT2D eigenvalue weighted by Crippen LogP contribution is 2.11. The van der Waals surface area contributed by atoms with E-state index in [-0.39, 0.29) is 0 Å². The number of hydrogen-bond donors (Lipinski definition) is 1. The summed E-state index contributed by atoms with van der Waals surface area (Å²) in [7, 11) is 1.41. The van der Waals surface area contributed by atoms with Crippen molar-refractivity contribution in [3.05, 3.63) is 53.6 Å². The number of aliphatic hydroxyl groups excluding tert-OH is 1. The zero-order valence-corrected chi connectivity index (χ0v) is 9.74. The fourth-order valence-corrected chi connectivity index (χ4v) is 1.29. The van der Waals surface area contributed by atoms with Gasteiger partial charge < -0.3 is 9.84 Å². The van der Waals surface area contributed by atoms with E-state index >= 15 is 0 Å². The first kappa shape index (κ1) is 12.2. The lowest BCUT2D eigenvalue weighted by atomic mass is 10.2. The Balaban J connectivity index is 2.23. The average Bonchev–Trinajstić information content (AvgIpc) is 2.45. The Hall–Kier alpha value is -2.29. The molecule has 2 rings (SSSR count). The maximum absolute atomic E-state index is 9.49. The first-order valence-corrected chi connectivity index (χ1v) is 5.25. The second-order valence-electron chi connectivity index (χ2n) is 3.45. The minimum absolute atomic E-state index is 0.465. The third kappa shape index (κ3) is 3.10. The first-order chi connectivity index (χ1) is 8.79. The molecule has 0 radical (unpaired) electrons. The summed E-state index contributed by atoms with van der Waals surface area (Å²) in [6, 6.07) is 5.28. The maximum atomic E-state index is 9.49. The van der Waals surface area contributed by atoms with Crippen LogP contribution in [0, 0.1) is 11.8 Å². The van der Waals surface area contributed by atoms with Gasteiger partial charge in [0, 0.05) is 30.6 Å². The number of rotatable bonds is 2. The van der Waals surface area contributed by atoms with E-state index in [2.05, 4.69) is 27.0 Å². The number of aliphatic hydroxyl groups is 1. The molecule has 0 fully saturated rings. The molecule has 0 aliphatic heterocycles. The Labute approximate surface area is 104 Å². The van der Waals surface area contributed by atoms with Crippen LogP contribution in [0.15, 0.2) is 36.8 Å². The molecular weight excluding hydrogens is 230 g/mol. The minimum Gasteiger partial charge on any atom is -0.364 e. The molecule has 18 heavy (non-hydrogen) atoms. The van der Waals surface area contributed by atoms with E-state index < -0.39 is 6.29 Å². The fourth-order valence-electron chi connectivity index (χ4n) is 1.29. The van der Waals surface area contributed by atoms with Crippen molar-refractivity contribution in [3.63, 3.8) is 0 Å². The molecule has 0 aliphatic carbocycles. The van der Waals surface area contributed by atoms with Gasteiger partial charge in [-0.05, 0) is 24.1 Å². The Morgan fingerprint density at radius 3 is 2.94 bits per heavy atom. The van der Waals surface area contributed by atoms with Crippen LogP contribution in [0.3, 0.4) is 0 Å². The molecule has 0 bridgehead atoms. The van der Waals surface area contributed by atoms with Gasteiger partial charge in [0.15, 0.2) is 6.29 Å². The highest BCUT2D eigenvalue weighted by atomic mass is 16.6. The van der Waals surface area contributed by atoms with Gasteiger partial charge in [0.1, 0.15) is 5.69 Å². The summed E-state index contributed by atoms with van der Waals surface area (Å²) in [5.41, 5.74) is 1.77. The molecule has 1 N–H and O–H groups in total. The van der Waals surface area contributed by atoms with Crippen molar-refractivity contribution < 1.29 is 9.84 Å². The normalized spacial score (nSPS) is 11.4. The first-order valence-electron chi connectivity index (χ1n) is 5.25. The van der Waals surface area contributed by atoms with E-state index in [0.717, 1.165) is 5.56 Å². The zero-order valence-electron chi connectivity index (χ0n) is 9.74. The second-order valence-corrected chi connectivity index (χ2v) is 3.45. The van der Waals surface area contributed by atoms with Gasteiger partial charge in [-0.2, -0.15) is 5.10 Å². The van der Waals surface area contributed by atoms with Crippen LogP contribution in [-0.4, -0.2) is 27.4 Å². The highest BCUT2D eigenvalue weighted by molar-refractivity contribution is 5.38. The lowest BCUT2D eigenvalue weighted by Crippen LogP contribution is -2.01. The number of pyridine rings is 1. The highest BCUT2D eigenvalue weighted by Gasteiger charge is 2.06. The summed E-state index contributed by atoms with van der Waals surface area (Å²) < 4.78 is 4.78. The molecule has 1 unspecified atom stereocenters. The van der Waals surface area contributed by atoms with E-state index in [1.807, 2.05) is 6.07 Å². The topological polar surface area (TPSA) is 68.1 Å². The number of methoxy groups -OCH3 is 1. The molecule has 2 aromatic heterocycles. The smallest absolute Gasteiger partial charge is 0.182 e. The second kappa shape index (κ2) is 5.87. The van der Waals surface area contributed by atoms with Crippen LogP contribution in [0.1, 0.15) is 23.1 Å². The Kier molecular flexibility index (Phi) is 3.97. The monoisotopic (exact) mass is 241 g/mol. The summed E-state index contributed by atoms with van der Waals surface area (Å²) in [4.78, 5) is 3.96. The SMILES string of the molecule is COC(O)c1cnnc(C#Cc2cccnc2)c1.